The topological polar surface area (TPSA) is 93.5 Å². The normalized spacial score (nSPS) is 9.88. The molecule has 84 valence electrons. The number of nitriles is 3. The van der Waals surface area contributed by atoms with Crippen LogP contribution in [0.4, 0.5) is 13.2 Å². The van der Waals surface area contributed by atoms with Crippen LogP contribution in [-0.2, 0) is 0 Å². The highest BCUT2D eigenvalue weighted by atomic mass is 19.4. The summed E-state index contributed by atoms with van der Waals surface area (Å²) in [5.74, 6) is -0.999. The SMILES string of the molecule is N#Cc1cc(C#N)c(OC(F)(F)F)c(C#N)n1. The van der Waals surface area contributed by atoms with Crippen LogP contribution in [0.2, 0.25) is 0 Å². The molecule has 0 aromatic carbocycles. The third-order valence-corrected chi connectivity index (χ3v) is 1.53. The quantitative estimate of drug-likeness (QED) is 0.740. The minimum absolute atomic E-state index is 0.340. The Labute approximate surface area is 92.9 Å². The van der Waals surface area contributed by atoms with Gasteiger partial charge in [0.25, 0.3) is 0 Å². The van der Waals surface area contributed by atoms with Gasteiger partial charge in [0.2, 0.25) is 0 Å². The van der Waals surface area contributed by atoms with Crippen molar-refractivity contribution in [3.63, 3.8) is 0 Å². The standard InChI is InChI=1S/C9HF3N4O/c10-9(11,12)17-8-5(2-13)1-6(3-14)16-7(8)4-15/h1H. The van der Waals surface area contributed by atoms with E-state index in [9.17, 15) is 13.2 Å². The maximum atomic E-state index is 12.0. The number of nitrogens with zero attached hydrogens (tertiary/aromatic N) is 4. The molecule has 1 aromatic heterocycles. The second-order valence-electron chi connectivity index (χ2n) is 2.62. The van der Waals surface area contributed by atoms with Crippen molar-refractivity contribution in [2.45, 2.75) is 6.36 Å². The molecule has 0 saturated carbocycles. The lowest BCUT2D eigenvalue weighted by Gasteiger charge is -2.10. The van der Waals surface area contributed by atoms with Crippen molar-refractivity contribution in [1.82, 2.24) is 4.98 Å². The van der Waals surface area contributed by atoms with Gasteiger partial charge >= 0.3 is 6.36 Å². The summed E-state index contributed by atoms with van der Waals surface area (Å²) in [4.78, 5) is 3.30. The van der Waals surface area contributed by atoms with Crippen molar-refractivity contribution >= 4 is 0 Å². The second kappa shape index (κ2) is 4.38. The molecule has 8 heteroatoms. The molecule has 0 unspecified atom stereocenters. The van der Waals surface area contributed by atoms with E-state index in [2.05, 4.69) is 9.72 Å². The van der Waals surface area contributed by atoms with E-state index >= 15 is 0 Å². The van der Waals surface area contributed by atoms with E-state index in [4.69, 9.17) is 15.8 Å². The molecule has 17 heavy (non-hydrogen) atoms. The highest BCUT2D eigenvalue weighted by molar-refractivity contribution is 5.52. The van der Waals surface area contributed by atoms with E-state index in [1.165, 1.54) is 18.2 Å². The van der Waals surface area contributed by atoms with Crippen molar-refractivity contribution < 1.29 is 17.9 Å². The van der Waals surface area contributed by atoms with Crippen LogP contribution < -0.4 is 4.74 Å². The van der Waals surface area contributed by atoms with Gasteiger partial charge in [-0.2, -0.15) is 15.8 Å². The van der Waals surface area contributed by atoms with E-state index in [1.807, 2.05) is 0 Å². The first-order valence-corrected chi connectivity index (χ1v) is 3.92. The summed E-state index contributed by atoms with van der Waals surface area (Å²) < 4.78 is 39.6. The second-order valence-corrected chi connectivity index (χ2v) is 2.62. The van der Waals surface area contributed by atoms with Gasteiger partial charge in [-0.15, -0.1) is 13.2 Å². The Balaban J connectivity index is 3.44. The predicted molar refractivity (Wildman–Crippen MR) is 45.1 cm³/mol. The number of hydrogen-bond donors (Lipinski definition) is 0. The molecular weight excluding hydrogens is 237 g/mol. The van der Waals surface area contributed by atoms with Gasteiger partial charge in [0.15, 0.2) is 11.4 Å². The van der Waals surface area contributed by atoms with Gasteiger partial charge in [-0.25, -0.2) is 4.98 Å². The van der Waals surface area contributed by atoms with Gasteiger partial charge in [-0.1, -0.05) is 0 Å². The van der Waals surface area contributed by atoms with Gasteiger partial charge in [0.05, 0.1) is 0 Å². The lowest BCUT2D eigenvalue weighted by Crippen LogP contribution is -2.19. The van der Waals surface area contributed by atoms with Crippen molar-refractivity contribution in [2.24, 2.45) is 0 Å². The van der Waals surface area contributed by atoms with Crippen molar-refractivity contribution in [1.29, 1.82) is 15.8 Å². The Kier molecular flexibility index (Phi) is 3.16. The fourth-order valence-corrected chi connectivity index (χ4v) is 0.968. The fourth-order valence-electron chi connectivity index (χ4n) is 0.968. The number of rotatable bonds is 1. The largest absolute Gasteiger partial charge is 0.573 e. The predicted octanol–water partition coefficient (Wildman–Crippen LogP) is 1.60. The number of halogens is 3. The molecule has 0 N–H and O–H groups in total. The van der Waals surface area contributed by atoms with Crippen LogP contribution in [-0.4, -0.2) is 11.3 Å². The number of ether oxygens (including phenoxy) is 1. The lowest BCUT2D eigenvalue weighted by atomic mass is 10.2. The molecule has 0 amide bonds. The van der Waals surface area contributed by atoms with E-state index < -0.39 is 23.4 Å². The van der Waals surface area contributed by atoms with Crippen molar-refractivity contribution in [3.05, 3.63) is 23.0 Å². The molecule has 5 nitrogen and oxygen atoms in total. The molecule has 0 atom stereocenters. The summed E-state index contributed by atoms with van der Waals surface area (Å²) >= 11 is 0. The zero-order valence-corrected chi connectivity index (χ0v) is 7.91. The molecule has 0 bridgehead atoms. The monoisotopic (exact) mass is 238 g/mol. The smallest absolute Gasteiger partial charge is 0.401 e. The molecule has 0 radical (unpaired) electrons. The van der Waals surface area contributed by atoms with Gasteiger partial charge in [-0.3, -0.25) is 0 Å². The van der Waals surface area contributed by atoms with Gasteiger partial charge in [0.1, 0.15) is 29.5 Å². The Morgan fingerprint density at radius 3 is 2.18 bits per heavy atom. The Morgan fingerprint density at radius 1 is 1.12 bits per heavy atom. The van der Waals surface area contributed by atoms with E-state index in [-0.39, 0.29) is 5.69 Å². The van der Waals surface area contributed by atoms with Gasteiger partial charge in [-0.05, 0) is 6.07 Å². The summed E-state index contributed by atoms with van der Waals surface area (Å²) in [7, 11) is 0. The highest BCUT2D eigenvalue weighted by Gasteiger charge is 2.34. The zero-order chi connectivity index (χ0) is 13.1. The van der Waals surface area contributed by atoms with Gasteiger partial charge < -0.3 is 4.74 Å². The van der Waals surface area contributed by atoms with Crippen LogP contribution in [0.3, 0.4) is 0 Å². The minimum atomic E-state index is -5.05. The van der Waals surface area contributed by atoms with Crippen LogP contribution in [0.1, 0.15) is 17.0 Å². The first kappa shape index (κ1) is 12.3. The maximum absolute atomic E-state index is 12.0. The van der Waals surface area contributed by atoms with Crippen LogP contribution in [0.25, 0.3) is 0 Å². The van der Waals surface area contributed by atoms with E-state index in [0.717, 1.165) is 6.07 Å². The third-order valence-electron chi connectivity index (χ3n) is 1.53. The molecule has 0 saturated heterocycles. The molecule has 1 heterocycles. The van der Waals surface area contributed by atoms with Crippen LogP contribution in [0, 0.1) is 34.0 Å². The third kappa shape index (κ3) is 2.83. The summed E-state index contributed by atoms with van der Waals surface area (Å²) in [6, 6.07) is 5.05. The minimum Gasteiger partial charge on any atom is -0.401 e. The first-order chi connectivity index (χ1) is 7.91. The van der Waals surface area contributed by atoms with Crippen molar-refractivity contribution in [3.8, 4) is 24.0 Å². The Hall–Kier alpha value is -2.79. The molecular formula is C9HF3N4O. The fraction of sp³-hybridized carbons (Fsp3) is 0.111. The van der Waals surface area contributed by atoms with Crippen LogP contribution in [0.5, 0.6) is 5.75 Å². The number of pyridine rings is 1. The molecule has 0 spiro atoms. The molecule has 0 aliphatic carbocycles. The molecule has 0 aliphatic heterocycles. The molecule has 0 aliphatic rings. The molecule has 1 rings (SSSR count). The average Bonchev–Trinajstić information content (AvgIpc) is 2.27. The number of aromatic nitrogens is 1. The van der Waals surface area contributed by atoms with Crippen LogP contribution >= 0.6 is 0 Å². The average molecular weight is 238 g/mol. The molecule has 0 fully saturated rings. The van der Waals surface area contributed by atoms with E-state index in [0.29, 0.717) is 0 Å². The van der Waals surface area contributed by atoms with Crippen molar-refractivity contribution in [2.75, 3.05) is 0 Å². The Morgan fingerprint density at radius 2 is 1.76 bits per heavy atom. The summed E-state index contributed by atoms with van der Waals surface area (Å²) in [5.41, 5.74) is -1.68. The summed E-state index contributed by atoms with van der Waals surface area (Å²) in [5, 5.41) is 25.7. The van der Waals surface area contributed by atoms with Crippen LogP contribution in [0.15, 0.2) is 6.07 Å². The maximum Gasteiger partial charge on any atom is 0.573 e. The first-order valence-electron chi connectivity index (χ1n) is 3.92. The number of alkyl halides is 3. The van der Waals surface area contributed by atoms with E-state index in [1.54, 1.807) is 0 Å². The molecule has 1 aromatic rings. The zero-order valence-electron chi connectivity index (χ0n) is 7.91. The Bertz CT molecular complexity index is 539. The summed E-state index contributed by atoms with van der Waals surface area (Å²) in [6.07, 6.45) is -5.05. The number of hydrogen-bond acceptors (Lipinski definition) is 5. The lowest BCUT2D eigenvalue weighted by molar-refractivity contribution is -0.274. The summed E-state index contributed by atoms with van der Waals surface area (Å²) in [6.45, 7) is 0. The highest BCUT2D eigenvalue weighted by Crippen LogP contribution is 2.28. The van der Waals surface area contributed by atoms with Gasteiger partial charge in [0, 0.05) is 0 Å².